The van der Waals surface area contributed by atoms with Crippen molar-refractivity contribution in [1.29, 1.82) is 0 Å². The average molecular weight is 903 g/mol. The van der Waals surface area contributed by atoms with Crippen molar-refractivity contribution in [1.82, 2.24) is 31.1 Å². The lowest BCUT2D eigenvalue weighted by Crippen LogP contribution is -2.65. The van der Waals surface area contributed by atoms with E-state index in [9.17, 15) is 52.2 Å². The summed E-state index contributed by atoms with van der Waals surface area (Å²) >= 11 is 0. The number of likely N-dealkylation sites (N-methyl/N-ethyl adjacent to an activating group) is 1. The molecule has 4 rings (SSSR count). The molecular formula is C41H54N6O15S. The van der Waals surface area contributed by atoms with Crippen molar-refractivity contribution in [2.75, 3.05) is 20.8 Å². The third-order valence-electron chi connectivity index (χ3n) is 10.6. The van der Waals surface area contributed by atoms with Crippen LogP contribution in [-0.4, -0.2) is 144 Å². The zero-order valence-corrected chi connectivity index (χ0v) is 36.4. The van der Waals surface area contributed by atoms with E-state index in [4.69, 9.17) is 14.0 Å². The Kier molecular flexibility index (Phi) is 17.3. The minimum Gasteiger partial charge on any atom is -0.508 e. The Balaban J connectivity index is 1.86. The Morgan fingerprint density at radius 3 is 2.14 bits per heavy atom. The van der Waals surface area contributed by atoms with E-state index in [2.05, 4.69) is 25.5 Å². The number of nitrogens with one attached hydrogen (secondary N) is 4. The van der Waals surface area contributed by atoms with E-state index in [0.29, 0.717) is 11.1 Å². The number of piperidine rings is 1. The van der Waals surface area contributed by atoms with Gasteiger partial charge in [0.05, 0.1) is 0 Å². The number of hydrogen-bond acceptors (Lipinski definition) is 14. The number of carbonyl (C=O) groups is 7. The van der Waals surface area contributed by atoms with Gasteiger partial charge in [0.2, 0.25) is 17.7 Å². The van der Waals surface area contributed by atoms with Gasteiger partial charge in [-0.2, -0.15) is 8.42 Å². The predicted octanol–water partition coefficient (Wildman–Crippen LogP) is -0.776. The molecule has 22 heteroatoms. The van der Waals surface area contributed by atoms with Crippen LogP contribution in [0.15, 0.2) is 66.4 Å². The van der Waals surface area contributed by atoms with Crippen LogP contribution < -0.4 is 21.3 Å². The molecule has 0 unspecified atom stereocenters. The molecule has 2 fully saturated rings. The molecule has 0 spiro atoms. The van der Waals surface area contributed by atoms with Crippen LogP contribution >= 0.6 is 0 Å². The normalized spacial score (nSPS) is 25.9. The van der Waals surface area contributed by atoms with Crippen molar-refractivity contribution in [2.24, 2.45) is 5.92 Å². The summed E-state index contributed by atoms with van der Waals surface area (Å²) in [7, 11) is -2.38. The predicted molar refractivity (Wildman–Crippen MR) is 221 cm³/mol. The highest BCUT2D eigenvalue weighted by molar-refractivity contribution is 7.80. The molecule has 7 N–H and O–H groups in total. The molecule has 2 aliphatic rings. The van der Waals surface area contributed by atoms with E-state index in [1.54, 1.807) is 56.3 Å². The highest BCUT2D eigenvalue weighted by Crippen LogP contribution is 2.27. The van der Waals surface area contributed by atoms with Crippen molar-refractivity contribution >= 4 is 51.8 Å². The van der Waals surface area contributed by atoms with E-state index in [1.807, 2.05) is 0 Å². The van der Waals surface area contributed by atoms with Crippen LogP contribution in [0.2, 0.25) is 0 Å². The summed E-state index contributed by atoms with van der Waals surface area (Å²) in [6.45, 7) is 4.42. The van der Waals surface area contributed by atoms with Crippen LogP contribution in [0.5, 0.6) is 5.75 Å². The number of cyclic esters (lactones) is 1. The Morgan fingerprint density at radius 2 is 1.56 bits per heavy atom. The lowest BCUT2D eigenvalue weighted by molar-refractivity contribution is -0.168. The maximum Gasteiger partial charge on any atom is 0.397 e. The molecule has 21 nitrogen and oxygen atoms in total. The number of rotatable bonds is 11. The minimum atomic E-state index is -5.10. The molecule has 0 saturated carbocycles. The van der Waals surface area contributed by atoms with Crippen molar-refractivity contribution in [3.8, 4) is 5.75 Å². The number of benzene rings is 2. The number of aliphatic hydroxyl groups excluding tert-OH is 1. The van der Waals surface area contributed by atoms with Crippen LogP contribution in [0.4, 0.5) is 0 Å². The number of aromatic hydroxyl groups is 1. The quantitative estimate of drug-likeness (QED) is 0.0828. The van der Waals surface area contributed by atoms with Gasteiger partial charge in [-0.15, -0.1) is 0 Å². The zero-order valence-electron chi connectivity index (χ0n) is 35.5. The molecule has 344 valence electrons. The Morgan fingerprint density at radius 1 is 0.937 bits per heavy atom. The number of ether oxygens (including phenoxy) is 2. The average Bonchev–Trinajstić information content (AvgIpc) is 3.24. The summed E-state index contributed by atoms with van der Waals surface area (Å²) in [4.78, 5) is 101. The standard InChI is InChI=1S/C41H54N6O15S/c1-7-27-35(50)43-28-17-18-32(60-6)47(39(28)54)30(20-24-11-9-8-10-12-24)40(55)46(5)29(19-25-13-15-26(48)16-14-25)36(51)44-33(22(2)3)41(56)62-23(4)34(38(53)42-27)45-37(52)31(49)21-61-63(57,58)59/h7-16,22-23,28-34,48-49H,17-21H2,1-6H3,(H,42,53)(H,43,50)(H,44,51)(H,45,52)(H,57,58,59)/b27-7+/t23-,28+,29+,30+,31-,32+,33+,34+/m1/s1. The van der Waals surface area contributed by atoms with Crippen LogP contribution in [0.1, 0.15) is 51.7 Å². The lowest BCUT2D eigenvalue weighted by Gasteiger charge is -2.44. The maximum absolute atomic E-state index is 15.0. The number of amides is 6. The molecule has 2 heterocycles. The third kappa shape index (κ3) is 13.3. The molecule has 2 aliphatic heterocycles. The fourth-order valence-electron chi connectivity index (χ4n) is 7.05. The second kappa shape index (κ2) is 21.9. The van der Waals surface area contributed by atoms with Gasteiger partial charge in [0, 0.05) is 27.0 Å². The number of phenolic OH excluding ortho intramolecular Hbond substituents is 1. The van der Waals surface area contributed by atoms with Crippen molar-refractivity contribution in [3.05, 3.63) is 77.5 Å². The molecule has 2 aromatic rings. The number of phenols is 1. The van der Waals surface area contributed by atoms with Gasteiger partial charge >= 0.3 is 16.4 Å². The summed E-state index contributed by atoms with van der Waals surface area (Å²) in [5, 5.41) is 30.0. The minimum absolute atomic E-state index is 0.0320. The van der Waals surface area contributed by atoms with Crippen LogP contribution in [0.25, 0.3) is 0 Å². The van der Waals surface area contributed by atoms with E-state index < -0.39 is 119 Å². The zero-order chi connectivity index (χ0) is 46.8. The molecule has 2 saturated heterocycles. The first kappa shape index (κ1) is 49.7. The van der Waals surface area contributed by atoms with Crippen molar-refractivity contribution in [3.63, 3.8) is 0 Å². The van der Waals surface area contributed by atoms with E-state index >= 15 is 0 Å². The highest BCUT2D eigenvalue weighted by atomic mass is 32.3. The molecule has 8 atom stereocenters. The number of nitrogens with zero attached hydrogens (tertiary/aromatic N) is 2. The second-order valence-electron chi connectivity index (χ2n) is 15.4. The number of allylic oxidation sites excluding steroid dienone is 1. The Labute approximate surface area is 364 Å². The first-order chi connectivity index (χ1) is 29.6. The fourth-order valence-corrected chi connectivity index (χ4v) is 7.36. The molecule has 0 aliphatic carbocycles. The van der Waals surface area contributed by atoms with E-state index in [1.165, 1.54) is 51.1 Å². The van der Waals surface area contributed by atoms with Gasteiger partial charge in [0.25, 0.3) is 17.7 Å². The number of esters is 1. The molecule has 6 amide bonds. The Bertz CT molecular complexity index is 2140. The number of carbonyl (C=O) groups excluding carboxylic acids is 7. The summed E-state index contributed by atoms with van der Waals surface area (Å²) in [5.41, 5.74) is 0.718. The number of aliphatic hydroxyl groups is 1. The smallest absolute Gasteiger partial charge is 0.397 e. The number of fused-ring (bicyclic) bond motifs is 2. The largest absolute Gasteiger partial charge is 0.508 e. The first-order valence-corrected chi connectivity index (χ1v) is 21.3. The fraction of sp³-hybridized carbons (Fsp3) is 0.488. The SMILES string of the molecule is C/C=C1/NC(=O)[C@@H](NC(=O)[C@H](O)COS(=O)(=O)O)[C@@H](C)OC(=O)[C@H](C(C)C)NC(=O)[C@H](Cc2ccc(O)cc2)N(C)C(=O)[C@H](Cc2ccccc2)N2C(=O)[C@H](CC[C@@H]2OC)NC1=O. The first-order valence-electron chi connectivity index (χ1n) is 20.0. The Hall–Kier alpha value is -5.94. The number of hydrogen-bond donors (Lipinski definition) is 7. The van der Waals surface area contributed by atoms with Gasteiger partial charge in [-0.25, -0.2) is 8.98 Å². The maximum atomic E-state index is 15.0. The lowest BCUT2D eigenvalue weighted by atomic mass is 9.95. The van der Waals surface area contributed by atoms with E-state index in [0.717, 1.165) is 4.90 Å². The molecule has 63 heavy (non-hydrogen) atoms. The second-order valence-corrected chi connectivity index (χ2v) is 16.4. The van der Waals surface area contributed by atoms with Crippen LogP contribution in [0.3, 0.4) is 0 Å². The van der Waals surface area contributed by atoms with Crippen LogP contribution in [0, 0.1) is 5.92 Å². The van der Waals surface area contributed by atoms with Crippen molar-refractivity contribution < 1.29 is 70.4 Å². The van der Waals surface area contributed by atoms with Crippen molar-refractivity contribution in [2.45, 2.75) is 102 Å². The van der Waals surface area contributed by atoms with Gasteiger partial charge < -0.3 is 50.8 Å². The summed E-state index contributed by atoms with van der Waals surface area (Å²) in [5.74, 6) is -7.69. The van der Waals surface area contributed by atoms with E-state index in [-0.39, 0.29) is 31.4 Å². The summed E-state index contributed by atoms with van der Waals surface area (Å²) in [6, 6.07) is 7.30. The third-order valence-corrected chi connectivity index (χ3v) is 11.0. The molecular weight excluding hydrogens is 849 g/mol. The van der Waals surface area contributed by atoms with Gasteiger partial charge in [-0.3, -0.25) is 33.3 Å². The van der Waals surface area contributed by atoms with Gasteiger partial charge in [0.1, 0.15) is 60.6 Å². The topological polar surface area (TPSA) is 297 Å². The summed E-state index contributed by atoms with van der Waals surface area (Å²) in [6.07, 6.45) is -3.75. The molecule has 0 radical (unpaired) electrons. The monoisotopic (exact) mass is 902 g/mol. The van der Waals surface area contributed by atoms with Gasteiger partial charge in [-0.05, 0) is 55.9 Å². The molecule has 0 aromatic heterocycles. The summed E-state index contributed by atoms with van der Waals surface area (Å²) < 4.78 is 46.5. The van der Waals surface area contributed by atoms with Gasteiger partial charge in [-0.1, -0.05) is 62.4 Å². The highest BCUT2D eigenvalue weighted by Gasteiger charge is 2.46. The van der Waals surface area contributed by atoms with Gasteiger partial charge in [0.15, 0.2) is 6.10 Å². The molecule has 2 bridgehead atoms. The molecule has 2 aromatic carbocycles. The van der Waals surface area contributed by atoms with Crippen LogP contribution in [-0.2, 0) is 70.5 Å². The number of methoxy groups -OCH3 is 1.